The van der Waals surface area contributed by atoms with Crippen molar-refractivity contribution in [1.29, 1.82) is 0 Å². The smallest absolute Gasteiger partial charge is 0.337 e. The van der Waals surface area contributed by atoms with Crippen molar-refractivity contribution >= 4 is 28.3 Å². The van der Waals surface area contributed by atoms with Crippen molar-refractivity contribution < 1.29 is 14.3 Å². The SMILES string of the molecule is COC(=O)c1ccc2nc(NCc3ccc(OC)cc3)c3cncn3c2c1. The van der Waals surface area contributed by atoms with Gasteiger partial charge in [0.2, 0.25) is 0 Å². The second-order valence-corrected chi connectivity index (χ2v) is 6.01. The maximum Gasteiger partial charge on any atom is 0.337 e. The number of rotatable bonds is 5. The molecule has 1 N–H and O–H groups in total. The van der Waals surface area contributed by atoms with Crippen LogP contribution >= 0.6 is 0 Å². The molecule has 4 rings (SSSR count). The first-order chi connectivity index (χ1) is 13.2. The fourth-order valence-corrected chi connectivity index (χ4v) is 2.95. The molecular weight excluding hydrogens is 344 g/mol. The first-order valence-electron chi connectivity index (χ1n) is 8.40. The first-order valence-corrected chi connectivity index (χ1v) is 8.40. The fraction of sp³-hybridized carbons (Fsp3) is 0.150. The largest absolute Gasteiger partial charge is 0.497 e. The quantitative estimate of drug-likeness (QED) is 0.549. The van der Waals surface area contributed by atoms with Crippen LogP contribution in [0.2, 0.25) is 0 Å². The molecule has 0 fully saturated rings. The lowest BCUT2D eigenvalue weighted by molar-refractivity contribution is 0.0601. The van der Waals surface area contributed by atoms with E-state index in [9.17, 15) is 4.79 Å². The van der Waals surface area contributed by atoms with Gasteiger partial charge in [-0.2, -0.15) is 0 Å². The van der Waals surface area contributed by atoms with Crippen LogP contribution in [0.15, 0.2) is 55.0 Å². The molecule has 7 heteroatoms. The summed E-state index contributed by atoms with van der Waals surface area (Å²) in [4.78, 5) is 20.8. The predicted octanol–water partition coefficient (Wildman–Crippen LogP) is 3.29. The van der Waals surface area contributed by atoms with Gasteiger partial charge in [-0.25, -0.2) is 14.8 Å². The number of imidazole rings is 1. The van der Waals surface area contributed by atoms with Crippen molar-refractivity contribution in [2.45, 2.75) is 6.54 Å². The summed E-state index contributed by atoms with van der Waals surface area (Å²) in [5.41, 5.74) is 3.96. The van der Waals surface area contributed by atoms with Crippen molar-refractivity contribution in [2.75, 3.05) is 19.5 Å². The van der Waals surface area contributed by atoms with Crippen molar-refractivity contribution in [1.82, 2.24) is 14.4 Å². The number of ether oxygens (including phenoxy) is 2. The van der Waals surface area contributed by atoms with E-state index in [1.165, 1.54) is 7.11 Å². The van der Waals surface area contributed by atoms with E-state index in [-0.39, 0.29) is 5.97 Å². The van der Waals surface area contributed by atoms with E-state index in [1.54, 1.807) is 37.8 Å². The Morgan fingerprint density at radius 3 is 2.67 bits per heavy atom. The third-order valence-corrected chi connectivity index (χ3v) is 4.39. The summed E-state index contributed by atoms with van der Waals surface area (Å²) in [5.74, 6) is 1.16. The summed E-state index contributed by atoms with van der Waals surface area (Å²) in [6, 6.07) is 13.1. The molecule has 0 aliphatic heterocycles. The van der Waals surface area contributed by atoms with Crippen LogP contribution in [0.1, 0.15) is 15.9 Å². The predicted molar refractivity (Wildman–Crippen MR) is 102 cm³/mol. The zero-order valence-corrected chi connectivity index (χ0v) is 15.0. The van der Waals surface area contributed by atoms with E-state index < -0.39 is 0 Å². The number of aromatic nitrogens is 3. The third kappa shape index (κ3) is 3.15. The molecule has 0 bridgehead atoms. The Bertz CT molecular complexity index is 1120. The summed E-state index contributed by atoms with van der Waals surface area (Å²) < 4.78 is 11.9. The number of hydrogen-bond acceptors (Lipinski definition) is 6. The van der Waals surface area contributed by atoms with Gasteiger partial charge in [-0.15, -0.1) is 0 Å². The summed E-state index contributed by atoms with van der Waals surface area (Å²) in [7, 11) is 3.01. The van der Waals surface area contributed by atoms with Gasteiger partial charge in [-0.3, -0.25) is 4.40 Å². The first kappa shape index (κ1) is 16.8. The third-order valence-electron chi connectivity index (χ3n) is 4.39. The zero-order valence-electron chi connectivity index (χ0n) is 15.0. The molecule has 2 heterocycles. The number of esters is 1. The molecular formula is C20H18N4O3. The van der Waals surface area contributed by atoms with Crippen molar-refractivity contribution in [2.24, 2.45) is 0 Å². The van der Waals surface area contributed by atoms with E-state index in [0.29, 0.717) is 12.1 Å². The van der Waals surface area contributed by atoms with Crippen molar-refractivity contribution in [3.63, 3.8) is 0 Å². The Morgan fingerprint density at radius 2 is 1.93 bits per heavy atom. The number of nitrogens with zero attached hydrogens (tertiary/aromatic N) is 3. The molecule has 0 saturated heterocycles. The normalized spacial score (nSPS) is 10.9. The molecule has 27 heavy (non-hydrogen) atoms. The van der Waals surface area contributed by atoms with Crippen LogP contribution < -0.4 is 10.1 Å². The highest BCUT2D eigenvalue weighted by atomic mass is 16.5. The molecule has 4 aromatic rings. The van der Waals surface area contributed by atoms with Crippen LogP contribution in [0.3, 0.4) is 0 Å². The van der Waals surface area contributed by atoms with Crippen LogP contribution in [0.4, 0.5) is 5.82 Å². The maximum absolute atomic E-state index is 11.8. The average molecular weight is 362 g/mol. The minimum Gasteiger partial charge on any atom is -0.497 e. The number of benzene rings is 2. The zero-order chi connectivity index (χ0) is 18.8. The standard InChI is InChI=1S/C20H18N4O3/c1-26-15-6-3-13(4-7-15)10-22-19-18-11-21-12-24(18)17-9-14(20(25)27-2)5-8-16(17)23-19/h3-9,11-12H,10H2,1-2H3,(H,22,23). The van der Waals surface area contributed by atoms with Gasteiger partial charge in [0.25, 0.3) is 0 Å². The number of hydrogen-bond donors (Lipinski definition) is 1. The summed E-state index contributed by atoms with van der Waals surface area (Å²) in [6.07, 6.45) is 3.45. The van der Waals surface area contributed by atoms with Gasteiger partial charge in [0.05, 0.1) is 43.3 Å². The van der Waals surface area contributed by atoms with Crippen LogP contribution in [0, 0.1) is 0 Å². The monoisotopic (exact) mass is 362 g/mol. The number of fused-ring (bicyclic) bond motifs is 3. The van der Waals surface area contributed by atoms with Crippen LogP contribution in [-0.2, 0) is 11.3 Å². The Morgan fingerprint density at radius 1 is 1.11 bits per heavy atom. The van der Waals surface area contributed by atoms with E-state index in [4.69, 9.17) is 14.5 Å². The fourth-order valence-electron chi connectivity index (χ4n) is 2.95. The lowest BCUT2D eigenvalue weighted by Gasteiger charge is -2.11. The minimum atomic E-state index is -0.383. The Balaban J connectivity index is 1.69. The van der Waals surface area contributed by atoms with Gasteiger partial charge >= 0.3 is 5.97 Å². The van der Waals surface area contributed by atoms with Gasteiger partial charge in [-0.05, 0) is 35.9 Å². The number of anilines is 1. The minimum absolute atomic E-state index is 0.383. The van der Waals surface area contributed by atoms with Gasteiger partial charge in [0.15, 0.2) is 5.82 Å². The molecule has 0 saturated carbocycles. The molecule has 2 aromatic heterocycles. The molecule has 2 aromatic carbocycles. The highest BCUT2D eigenvalue weighted by Crippen LogP contribution is 2.23. The Hall–Kier alpha value is -3.61. The second kappa shape index (κ2) is 6.95. The van der Waals surface area contributed by atoms with Crippen LogP contribution in [-0.4, -0.2) is 34.6 Å². The van der Waals surface area contributed by atoms with Crippen molar-refractivity contribution in [3.05, 3.63) is 66.1 Å². The molecule has 136 valence electrons. The summed E-state index contributed by atoms with van der Waals surface area (Å²) in [6.45, 7) is 0.615. The van der Waals surface area contributed by atoms with Gasteiger partial charge in [-0.1, -0.05) is 12.1 Å². The molecule has 0 radical (unpaired) electrons. The number of methoxy groups -OCH3 is 2. The van der Waals surface area contributed by atoms with E-state index in [0.717, 1.165) is 33.7 Å². The molecule has 0 spiro atoms. The molecule has 7 nitrogen and oxygen atoms in total. The average Bonchev–Trinajstić information content (AvgIpc) is 3.22. The maximum atomic E-state index is 11.8. The lowest BCUT2D eigenvalue weighted by Crippen LogP contribution is -2.06. The van der Waals surface area contributed by atoms with Crippen LogP contribution in [0.25, 0.3) is 16.6 Å². The van der Waals surface area contributed by atoms with E-state index >= 15 is 0 Å². The lowest BCUT2D eigenvalue weighted by atomic mass is 10.2. The highest BCUT2D eigenvalue weighted by molar-refractivity contribution is 5.94. The second-order valence-electron chi connectivity index (χ2n) is 6.01. The van der Waals surface area contributed by atoms with Gasteiger partial charge < -0.3 is 14.8 Å². The van der Waals surface area contributed by atoms with Gasteiger partial charge in [0.1, 0.15) is 11.3 Å². The summed E-state index contributed by atoms with van der Waals surface area (Å²) >= 11 is 0. The molecule has 0 amide bonds. The molecule has 0 atom stereocenters. The molecule has 0 aliphatic rings. The van der Waals surface area contributed by atoms with E-state index in [2.05, 4.69) is 10.3 Å². The van der Waals surface area contributed by atoms with E-state index in [1.807, 2.05) is 28.7 Å². The van der Waals surface area contributed by atoms with Crippen molar-refractivity contribution in [3.8, 4) is 5.75 Å². The molecule has 0 unspecified atom stereocenters. The number of carbonyl (C=O) groups excluding carboxylic acids is 1. The summed E-state index contributed by atoms with van der Waals surface area (Å²) in [5, 5.41) is 3.36. The van der Waals surface area contributed by atoms with Gasteiger partial charge in [0, 0.05) is 6.54 Å². The van der Waals surface area contributed by atoms with Crippen LogP contribution in [0.5, 0.6) is 5.75 Å². The Labute approximate surface area is 155 Å². The molecule has 0 aliphatic carbocycles. The highest BCUT2D eigenvalue weighted by Gasteiger charge is 2.12. The number of nitrogens with one attached hydrogen (secondary N) is 1. The Kier molecular flexibility index (Phi) is 4.33. The number of carbonyl (C=O) groups is 1. The topological polar surface area (TPSA) is 77.8 Å².